The number of hydrazine groups is 1. The number of rotatable bonds is 4. The number of nitrogens with one attached hydrogen (secondary N) is 2. The van der Waals surface area contributed by atoms with Crippen LogP contribution in [0.2, 0.25) is 0 Å². The van der Waals surface area contributed by atoms with E-state index < -0.39 is 30.5 Å². The van der Waals surface area contributed by atoms with Gasteiger partial charge in [0, 0.05) is 5.56 Å². The normalized spacial score (nSPS) is 16.3. The van der Waals surface area contributed by atoms with E-state index in [4.69, 9.17) is 18.9 Å². The van der Waals surface area contributed by atoms with E-state index in [1.165, 1.54) is 0 Å². The number of carbonyl (C=O) groups excluding carboxylic acids is 3. The summed E-state index contributed by atoms with van der Waals surface area (Å²) in [4.78, 5) is 36.2. The fraction of sp³-hybridized carbons (Fsp3) is 0.190. The van der Waals surface area contributed by atoms with E-state index in [0.717, 1.165) is 5.56 Å². The van der Waals surface area contributed by atoms with Gasteiger partial charge in [-0.1, -0.05) is 30.3 Å². The minimum absolute atomic E-state index is 0.00331. The molecule has 0 aliphatic carbocycles. The molecule has 2 aromatic rings. The molecule has 30 heavy (non-hydrogen) atoms. The third-order valence-electron chi connectivity index (χ3n) is 4.35. The Kier molecular flexibility index (Phi) is 5.51. The number of para-hydroxylation sites is 3. The Morgan fingerprint density at radius 3 is 2.50 bits per heavy atom. The molecule has 0 radical (unpaired) electrons. The lowest BCUT2D eigenvalue weighted by Gasteiger charge is -2.25. The smallest absolute Gasteiger partial charge is 0.338 e. The Morgan fingerprint density at radius 1 is 0.933 bits per heavy atom. The van der Waals surface area contributed by atoms with Crippen LogP contribution in [0.5, 0.6) is 17.2 Å². The number of hydrogen-bond acceptors (Lipinski definition) is 7. The summed E-state index contributed by atoms with van der Waals surface area (Å²) in [6, 6.07) is 14.2. The van der Waals surface area contributed by atoms with Gasteiger partial charge in [-0.25, -0.2) is 4.79 Å². The number of hydrogen-bond donors (Lipinski definition) is 2. The van der Waals surface area contributed by atoms with Crippen LogP contribution < -0.4 is 25.1 Å². The summed E-state index contributed by atoms with van der Waals surface area (Å²) >= 11 is 0. The maximum absolute atomic E-state index is 12.2. The summed E-state index contributed by atoms with van der Waals surface area (Å²) in [5.74, 6) is -0.316. The van der Waals surface area contributed by atoms with E-state index in [2.05, 4.69) is 10.9 Å². The first-order chi connectivity index (χ1) is 14.6. The van der Waals surface area contributed by atoms with Crippen molar-refractivity contribution in [2.45, 2.75) is 6.10 Å². The second-order valence-corrected chi connectivity index (χ2v) is 6.47. The third kappa shape index (κ3) is 4.35. The number of amides is 2. The van der Waals surface area contributed by atoms with Crippen LogP contribution in [0.15, 0.2) is 54.1 Å². The molecular formula is C21H18N2O7. The monoisotopic (exact) mass is 410 g/mol. The van der Waals surface area contributed by atoms with Crippen LogP contribution in [0.25, 0.3) is 6.08 Å². The molecule has 1 atom stereocenters. The second kappa shape index (κ2) is 8.56. The van der Waals surface area contributed by atoms with Gasteiger partial charge in [-0.2, -0.15) is 0 Å². The van der Waals surface area contributed by atoms with Crippen molar-refractivity contribution in [3.63, 3.8) is 0 Å². The molecule has 2 amide bonds. The Balaban J connectivity index is 1.22. The second-order valence-electron chi connectivity index (χ2n) is 6.47. The maximum Gasteiger partial charge on any atom is 0.338 e. The molecule has 2 aromatic carbocycles. The van der Waals surface area contributed by atoms with Crippen LogP contribution in [0.3, 0.4) is 0 Å². The average molecular weight is 410 g/mol. The molecule has 4 rings (SSSR count). The molecule has 154 valence electrons. The maximum atomic E-state index is 12.2. The summed E-state index contributed by atoms with van der Waals surface area (Å²) in [6.45, 7) is -0.513. The van der Waals surface area contributed by atoms with Crippen molar-refractivity contribution in [3.05, 3.63) is 59.7 Å². The Labute approximate surface area is 171 Å². The predicted octanol–water partition coefficient (Wildman–Crippen LogP) is 0.993. The zero-order valence-electron chi connectivity index (χ0n) is 15.8. The first kappa shape index (κ1) is 19.3. The van der Waals surface area contributed by atoms with E-state index in [1.807, 2.05) is 12.1 Å². The molecule has 9 nitrogen and oxygen atoms in total. The average Bonchev–Trinajstić information content (AvgIpc) is 2.80. The molecular weight excluding hydrogens is 392 g/mol. The predicted molar refractivity (Wildman–Crippen MR) is 104 cm³/mol. The Morgan fingerprint density at radius 2 is 1.67 bits per heavy atom. The van der Waals surface area contributed by atoms with Crippen LogP contribution in [-0.2, 0) is 19.1 Å². The van der Waals surface area contributed by atoms with Crippen LogP contribution >= 0.6 is 0 Å². The number of benzene rings is 2. The molecule has 0 bridgehead atoms. The number of carbonyl (C=O) groups is 3. The number of fused-ring (bicyclic) bond motifs is 2. The highest BCUT2D eigenvalue weighted by Gasteiger charge is 2.27. The highest BCUT2D eigenvalue weighted by atomic mass is 16.6. The van der Waals surface area contributed by atoms with Crippen molar-refractivity contribution in [1.29, 1.82) is 0 Å². The van der Waals surface area contributed by atoms with Gasteiger partial charge in [0.1, 0.15) is 19.0 Å². The molecule has 0 unspecified atom stereocenters. The van der Waals surface area contributed by atoms with E-state index >= 15 is 0 Å². The Hall–Kier alpha value is -4.01. The van der Waals surface area contributed by atoms with E-state index in [9.17, 15) is 14.4 Å². The standard InChI is InChI=1S/C21H18N2O7/c24-19(12-29-21(26)14-9-13-5-1-2-6-15(13)27-10-14)22-23-20(25)18-11-28-16-7-3-4-8-17(16)30-18/h1-9,18H,10-12H2,(H,22,24)(H,23,25)/t18-/m0/s1. The van der Waals surface area contributed by atoms with Crippen molar-refractivity contribution in [2.24, 2.45) is 0 Å². The van der Waals surface area contributed by atoms with Gasteiger partial charge in [0.25, 0.3) is 11.8 Å². The minimum atomic E-state index is -0.924. The summed E-state index contributed by atoms with van der Waals surface area (Å²) in [7, 11) is 0. The lowest BCUT2D eigenvalue weighted by atomic mass is 10.1. The fourth-order valence-corrected chi connectivity index (χ4v) is 2.85. The summed E-state index contributed by atoms with van der Waals surface area (Å²) in [5, 5.41) is 0. The first-order valence-corrected chi connectivity index (χ1v) is 9.17. The Bertz CT molecular complexity index is 1020. The van der Waals surface area contributed by atoms with Crippen LogP contribution in [-0.4, -0.2) is 43.7 Å². The van der Waals surface area contributed by atoms with Crippen molar-refractivity contribution in [2.75, 3.05) is 19.8 Å². The number of ether oxygens (including phenoxy) is 4. The summed E-state index contributed by atoms with van der Waals surface area (Å²) in [5.41, 5.74) is 5.44. The van der Waals surface area contributed by atoms with Gasteiger partial charge in [0.05, 0.1) is 5.57 Å². The van der Waals surface area contributed by atoms with Crippen molar-refractivity contribution in [1.82, 2.24) is 10.9 Å². The van der Waals surface area contributed by atoms with Gasteiger partial charge in [0.15, 0.2) is 18.1 Å². The van der Waals surface area contributed by atoms with Gasteiger partial charge in [0.2, 0.25) is 6.10 Å². The van der Waals surface area contributed by atoms with Gasteiger partial charge in [-0.05, 0) is 24.3 Å². The highest BCUT2D eigenvalue weighted by molar-refractivity contribution is 5.96. The van der Waals surface area contributed by atoms with Gasteiger partial charge in [-0.3, -0.25) is 20.4 Å². The van der Waals surface area contributed by atoms with Crippen molar-refractivity contribution < 1.29 is 33.3 Å². The molecule has 0 spiro atoms. The SMILES string of the molecule is O=C(COC(=O)C1=Cc2ccccc2OC1)NNC(=O)[C@@H]1COc2ccccc2O1. The van der Waals surface area contributed by atoms with E-state index in [0.29, 0.717) is 17.2 Å². The molecule has 0 saturated carbocycles. The van der Waals surface area contributed by atoms with Crippen LogP contribution in [0.1, 0.15) is 5.56 Å². The molecule has 0 saturated heterocycles. The van der Waals surface area contributed by atoms with Gasteiger partial charge < -0.3 is 18.9 Å². The first-order valence-electron chi connectivity index (χ1n) is 9.17. The van der Waals surface area contributed by atoms with Gasteiger partial charge >= 0.3 is 5.97 Å². The zero-order valence-corrected chi connectivity index (χ0v) is 15.8. The zero-order chi connectivity index (χ0) is 20.9. The van der Waals surface area contributed by atoms with Crippen molar-refractivity contribution in [3.8, 4) is 17.2 Å². The van der Waals surface area contributed by atoms with E-state index in [-0.39, 0.29) is 18.8 Å². The molecule has 0 fully saturated rings. The molecule has 2 heterocycles. The lowest BCUT2D eigenvalue weighted by molar-refractivity contribution is -0.146. The van der Waals surface area contributed by atoms with Crippen molar-refractivity contribution >= 4 is 23.9 Å². The minimum Gasteiger partial charge on any atom is -0.488 e. The highest BCUT2D eigenvalue weighted by Crippen LogP contribution is 2.30. The van der Waals surface area contributed by atoms with E-state index in [1.54, 1.807) is 42.5 Å². The third-order valence-corrected chi connectivity index (χ3v) is 4.35. The van der Waals surface area contributed by atoms with Crippen LogP contribution in [0, 0.1) is 0 Å². The molecule has 2 N–H and O–H groups in total. The molecule has 2 aliphatic rings. The molecule has 9 heteroatoms. The quantitative estimate of drug-likeness (QED) is 0.571. The topological polar surface area (TPSA) is 112 Å². The number of esters is 1. The molecule has 2 aliphatic heterocycles. The van der Waals surface area contributed by atoms with Gasteiger partial charge in [-0.15, -0.1) is 0 Å². The fourth-order valence-electron chi connectivity index (χ4n) is 2.85. The largest absolute Gasteiger partial charge is 0.488 e. The molecule has 0 aromatic heterocycles. The summed E-state index contributed by atoms with van der Waals surface area (Å²) in [6.07, 6.45) is 0.728. The van der Waals surface area contributed by atoms with Crippen LogP contribution in [0.4, 0.5) is 0 Å². The lowest BCUT2D eigenvalue weighted by Crippen LogP contribution is -2.51. The summed E-state index contributed by atoms with van der Waals surface area (Å²) < 4.78 is 21.4.